The Morgan fingerprint density at radius 1 is 0.258 bits per heavy atom. The summed E-state index contributed by atoms with van der Waals surface area (Å²) in [7, 11) is -88.6. The molecule has 0 bridgehead atoms. The van der Waals surface area contributed by atoms with Crippen molar-refractivity contribution in [3.05, 3.63) is 203 Å². The number of pyridine rings is 5. The molecule has 0 fully saturated rings. The van der Waals surface area contributed by atoms with Gasteiger partial charge >= 0.3 is 132 Å². The Morgan fingerprint density at radius 2 is 0.539 bits per heavy atom. The molecule has 0 radical (unpaired) electrons. The molecule has 41 N–H and O–H groups in total. The molecule has 720 valence electrons. The van der Waals surface area contributed by atoms with E-state index in [4.69, 9.17) is 123 Å². The van der Waals surface area contributed by atoms with Crippen LogP contribution in [0.25, 0.3) is 11.4 Å². The Kier molecular flexibility index (Phi) is 39.3. The van der Waals surface area contributed by atoms with Crippen LogP contribution in [0.2, 0.25) is 0 Å². The van der Waals surface area contributed by atoms with Crippen LogP contribution >= 0.6 is 133 Å². The quantitative estimate of drug-likeness (QED) is 0.0226. The molecule has 0 saturated heterocycles. The molecule has 0 aliphatic heterocycles. The van der Waals surface area contributed by atoms with Crippen LogP contribution in [0.5, 0.6) is 0 Å². The fourth-order valence-corrected chi connectivity index (χ4v) is 27.3. The first kappa shape index (κ1) is 120. The summed E-state index contributed by atoms with van der Waals surface area (Å²) in [5.41, 5.74) is 0.765. The Balaban J connectivity index is 0.000000516. The van der Waals surface area contributed by atoms with Crippen molar-refractivity contribution in [2.45, 2.75) is 47.0 Å². The first-order valence-corrected chi connectivity index (χ1v) is 57.3. The van der Waals surface area contributed by atoms with E-state index in [1.54, 1.807) is 0 Å². The summed E-state index contributed by atoms with van der Waals surface area (Å²) in [5, 5.41) is 40.1. The molecule has 0 aliphatic carbocycles. The van der Waals surface area contributed by atoms with Crippen LogP contribution in [-0.2, 0) is 115 Å². The number of rotatable bonds is 26. The second-order valence-corrected chi connectivity index (χ2v) is 55.6. The molecule has 8 rings (SSSR count). The topological polar surface area (TPSA) is 1220 Å². The van der Waals surface area contributed by atoms with Crippen molar-refractivity contribution in [2.24, 2.45) is 5.73 Å². The molecule has 66 nitrogen and oxygen atoms in total. The van der Waals surface area contributed by atoms with Crippen LogP contribution in [-0.4, -0.2) is 247 Å². The Hall–Kier alpha value is -4.38. The number of thiazole rings is 1. The third-order valence-corrected chi connectivity index (χ3v) is 45.5. The van der Waals surface area contributed by atoms with E-state index in [-0.39, 0.29) is 17.0 Å². The Labute approximate surface area is 712 Å². The zero-order chi connectivity index (χ0) is 101. The average molecular weight is 2170 g/mol. The third kappa shape index (κ3) is 26.7. The molecule has 0 amide bonds. The van der Waals surface area contributed by atoms with Gasteiger partial charge in [0.15, 0.2) is 0 Å². The van der Waals surface area contributed by atoms with Gasteiger partial charge in [-0.05, 0) is 35.9 Å². The minimum atomic E-state index is -5.81. The molecule has 83 heteroatoms. The highest BCUT2D eigenvalue weighted by Gasteiger charge is 2.68. The molecule has 8 heterocycles. The van der Waals surface area contributed by atoms with E-state index < -0.39 is 208 Å². The largest absolute Gasteiger partial charge is 0.375 e. The van der Waals surface area contributed by atoms with Gasteiger partial charge in [0.25, 0.3) is 25.4 Å². The van der Waals surface area contributed by atoms with Crippen molar-refractivity contribution < 1.29 is 265 Å². The molecular weight excluding hydrogens is 2100 g/mol. The number of nitrogens with two attached hydrogens (primary N) is 1. The van der Waals surface area contributed by atoms with Crippen molar-refractivity contribution in [3.63, 3.8) is 0 Å². The highest BCUT2D eigenvalue weighted by molar-refractivity contribution is 7.75. The van der Waals surface area contributed by atoms with Crippen molar-refractivity contribution in [1.82, 2.24) is 49.8 Å². The van der Waals surface area contributed by atoms with Crippen molar-refractivity contribution >= 4 is 133 Å². The standard InChI is InChI=1S/C12H16N2O14P4.C7H11NO7P2.C6H10N2O6P2.C6H9NO7P2.2C5H8N2O7P2.C4H7NO7P2S/c15-11(29(17,18)19,30(20,21)22)7-1-3-9(13-5-7)10-4-2-8(6-14-10)12(16,31(23,24)25)32(26,27)28;9-7(16(10,11)12,17(13,14)15)4-6-2-1-3-8-5-6;7-6(15(9,10)11,16(12,13)14)5-2-1-3-8-4-5;8-6(15(9,10)11,16(12,13)14)5-2-1-3-7-4-5;8-5(15(9,10)11,16(12,13)14)4-1-6-3-7-2-4;8-5(15(9,10)11,16(12,13)14)4-3-6-1-2-7-4;6-4(13(7,8)9,14(10,11)12)3-1-15-2-5-3/h1-6,15-16H,(H2,17,18,19)(H2,20,21,22)(H2,23,24,25)(H2,26,27,28);1-3,5,9H,4H2,(H2,10,11,12)(H2,13,14,15);1-4H,7H2,(H2,9,10,11)(H2,12,13,14);1-4,8H,(H2,9,10,11)(H2,12,13,14);2*1-3,8H,(H2,9,10,11)(H2,12,13,14);1-2,6H,(H2,7,8,9)(H2,10,11,12). The van der Waals surface area contributed by atoms with Crippen LogP contribution in [0.15, 0.2) is 158 Å². The minimum absolute atomic E-state index is 0.0988. The predicted octanol–water partition coefficient (Wildman–Crippen LogP) is -4.80. The Bertz CT molecular complexity index is 5320. The van der Waals surface area contributed by atoms with Crippen molar-refractivity contribution in [3.8, 4) is 11.4 Å². The van der Waals surface area contributed by atoms with Crippen molar-refractivity contribution in [1.29, 1.82) is 0 Å². The van der Waals surface area contributed by atoms with Gasteiger partial charge in [0.05, 0.1) is 23.1 Å². The maximum absolute atomic E-state index is 11.5. The molecule has 8 aromatic heterocycles. The lowest BCUT2D eigenvalue weighted by molar-refractivity contribution is 0.126. The average Bonchev–Trinajstić information content (AvgIpc) is 1.36. The van der Waals surface area contributed by atoms with E-state index in [1.165, 1.54) is 42.9 Å². The number of hydrogen-bond donors (Lipinski definition) is 40. The van der Waals surface area contributed by atoms with E-state index in [1.807, 2.05) is 0 Å². The van der Waals surface area contributed by atoms with Crippen LogP contribution in [0.1, 0.15) is 44.8 Å². The van der Waals surface area contributed by atoms with Gasteiger partial charge < -0.3 is 198 Å². The number of aromatic nitrogens is 10. The SMILES string of the molecule is NC(c1cccnc1)(P(=O)(O)O)P(=O)(O)O.O=P(O)(O)C(O)(Cc1cccnc1)P(=O)(O)O.O=P(O)(O)C(O)(c1ccc(-c2ccc(C(O)(P(=O)(O)O)P(=O)(O)O)cn2)nc1)P(=O)(O)O.O=P(O)(O)C(O)(c1cccnc1)P(=O)(O)O.O=P(O)(O)C(O)(c1cnccn1)P(=O)(O)O.O=P(O)(O)C(O)(c1cncnc1)P(=O)(O)O.O=P(O)(O)C(O)(c1cscn1)P(=O)(O)O. The van der Waals surface area contributed by atoms with Crippen LogP contribution in [0.4, 0.5) is 0 Å². The summed E-state index contributed by atoms with van der Waals surface area (Å²) >= 11 is 0.841. The first-order valence-electron chi connectivity index (χ1n) is 30.6. The molecule has 0 spiro atoms. The van der Waals surface area contributed by atoms with E-state index in [2.05, 4.69) is 49.8 Å². The highest BCUT2D eigenvalue weighted by Crippen LogP contribution is 2.79. The summed E-state index contributed by atoms with van der Waals surface area (Å²) in [6.45, 7) is 0. The van der Waals surface area contributed by atoms with Gasteiger partial charge in [0.1, 0.15) is 17.7 Å². The Morgan fingerprint density at radius 3 is 0.781 bits per heavy atom. The zero-order valence-electron chi connectivity index (χ0n) is 61.3. The monoisotopic (exact) mass is 2170 g/mol. The van der Waals surface area contributed by atoms with Gasteiger partial charge in [0, 0.05) is 114 Å². The molecule has 0 unspecified atom stereocenters. The lowest BCUT2D eigenvalue weighted by Crippen LogP contribution is -2.36. The minimum Gasteiger partial charge on any atom is -0.367 e. The van der Waals surface area contributed by atoms with Gasteiger partial charge in [-0.3, -0.25) is 108 Å². The molecule has 0 aromatic carbocycles. The maximum atomic E-state index is 11.5. The van der Waals surface area contributed by atoms with E-state index in [0.717, 1.165) is 95.9 Å². The number of aliphatic hydroxyl groups is 7. The molecule has 128 heavy (non-hydrogen) atoms. The van der Waals surface area contributed by atoms with Crippen molar-refractivity contribution in [2.75, 3.05) is 0 Å². The number of nitrogens with zero attached hydrogens (tertiary/aromatic N) is 10. The van der Waals surface area contributed by atoms with Gasteiger partial charge in [-0.25, -0.2) is 15.0 Å². The molecule has 0 atom stereocenters. The molecule has 0 saturated carbocycles. The zero-order valence-corrected chi connectivity index (χ0v) is 76.4. The molecular formula is C45H69N11O55P16S. The predicted molar refractivity (Wildman–Crippen MR) is 417 cm³/mol. The van der Waals surface area contributed by atoms with Crippen LogP contribution < -0.4 is 5.73 Å². The highest BCUT2D eigenvalue weighted by atomic mass is 32.1. The second-order valence-electron chi connectivity index (χ2n) is 24.0. The van der Waals surface area contributed by atoms with Gasteiger partial charge in [-0.1, -0.05) is 30.3 Å². The summed E-state index contributed by atoms with van der Waals surface area (Å²) < 4.78 is 178. The summed E-state index contributed by atoms with van der Waals surface area (Å²) in [6, 6.07) is 10.5. The second kappa shape index (κ2) is 42.1. The third-order valence-electron chi connectivity index (χ3n) is 15.2. The van der Waals surface area contributed by atoms with Gasteiger partial charge in [-0.15, -0.1) is 11.3 Å². The maximum Gasteiger partial charge on any atom is 0.375 e. The first-order chi connectivity index (χ1) is 56.8. The molecule has 0 aliphatic rings. The summed E-state index contributed by atoms with van der Waals surface area (Å²) in [5.74, 6) is 0. The summed E-state index contributed by atoms with van der Waals surface area (Å²) in [6.07, 6.45) is 12.0. The van der Waals surface area contributed by atoms with Crippen LogP contribution in [0.3, 0.4) is 0 Å². The van der Waals surface area contributed by atoms with Gasteiger partial charge in [0.2, 0.25) is 5.02 Å². The van der Waals surface area contributed by atoms with E-state index in [9.17, 15) is 148 Å². The van der Waals surface area contributed by atoms with Crippen LogP contribution in [0, 0.1) is 0 Å². The van der Waals surface area contributed by atoms with E-state index >= 15 is 0 Å². The fraction of sp³-hybridized carbons (Fsp3) is 0.200. The summed E-state index contributed by atoms with van der Waals surface area (Å²) in [4.78, 5) is 321. The normalized spacial score (nSPS) is 14.0. The fourth-order valence-electron chi connectivity index (χ4n) is 8.57. The molecule has 8 aromatic rings. The lowest BCUT2D eigenvalue weighted by atomic mass is 10.2. The smallest absolute Gasteiger partial charge is 0.367 e. The lowest BCUT2D eigenvalue weighted by Gasteiger charge is -2.30. The van der Waals surface area contributed by atoms with E-state index in [0.29, 0.717) is 31.0 Å². The van der Waals surface area contributed by atoms with Gasteiger partial charge in [-0.2, -0.15) is 0 Å². The number of hydrogen-bond acceptors (Lipinski definition) is 35.